The van der Waals surface area contributed by atoms with Gasteiger partial charge in [0.2, 0.25) is 0 Å². The summed E-state index contributed by atoms with van der Waals surface area (Å²) in [6.07, 6.45) is 1.76. The minimum Gasteiger partial charge on any atom is -0.424 e. The van der Waals surface area contributed by atoms with Crippen molar-refractivity contribution in [2.45, 2.75) is 19.8 Å². The average Bonchev–Trinajstić information content (AvgIpc) is 1.86. The molecule has 0 aliphatic rings. The zero-order chi connectivity index (χ0) is 9.98. The molecule has 0 saturated heterocycles. The minimum atomic E-state index is -3.08. The first-order valence-corrected chi connectivity index (χ1v) is 4.06. The largest absolute Gasteiger partial charge is 1.00 e. The van der Waals surface area contributed by atoms with Crippen molar-refractivity contribution in [1.29, 1.82) is 0 Å². The Bertz CT molecular complexity index is 143. The fourth-order valence-corrected chi connectivity index (χ4v) is 0.525. The summed E-state index contributed by atoms with van der Waals surface area (Å²) in [5.41, 5.74) is 0. The van der Waals surface area contributed by atoms with Crippen LogP contribution in [-0.2, 0) is 23.6 Å². The summed E-state index contributed by atoms with van der Waals surface area (Å²) in [5.74, 6) is 0. The summed E-state index contributed by atoms with van der Waals surface area (Å²) < 4.78 is 52.3. The Labute approximate surface area is 120 Å². The molecule has 0 rings (SSSR count). The van der Waals surface area contributed by atoms with Crippen molar-refractivity contribution in [3.05, 3.63) is 6.68 Å². The Kier molecular flexibility index (Phi) is 24.1. The van der Waals surface area contributed by atoms with Gasteiger partial charge in [-0.05, 0) is 6.42 Å². The van der Waals surface area contributed by atoms with E-state index in [9.17, 15) is 21.6 Å². The van der Waals surface area contributed by atoms with E-state index < -0.39 is 17.7 Å². The molecule has 0 amide bonds. The molecule has 0 atom stereocenters. The Morgan fingerprint density at radius 2 is 1.69 bits per heavy atom. The maximum Gasteiger partial charge on any atom is 1.00 e. The van der Waals surface area contributed by atoms with E-state index in [0.717, 1.165) is 12.8 Å². The van der Waals surface area contributed by atoms with Gasteiger partial charge in [0.05, 0.1) is 11.0 Å². The molecule has 0 spiro atoms. The van der Waals surface area contributed by atoms with Gasteiger partial charge in [-0.15, -0.1) is 0 Å². The first-order valence-electron chi connectivity index (χ1n) is 3.06. The van der Waals surface area contributed by atoms with Crippen molar-refractivity contribution in [2.24, 2.45) is 0 Å². The molecule has 0 fully saturated rings. The van der Waals surface area contributed by atoms with Crippen molar-refractivity contribution < 1.29 is 77.2 Å². The smallest absolute Gasteiger partial charge is 0.424 e. The molecule has 3 nitrogen and oxygen atoms in total. The Morgan fingerprint density at radius 1 is 1.31 bits per heavy atom. The second-order valence-corrected chi connectivity index (χ2v) is 2.24. The first kappa shape index (κ1) is 19.8. The van der Waals surface area contributed by atoms with Crippen LogP contribution < -0.4 is 51.4 Å². The molecule has 0 aromatic rings. The minimum absolute atomic E-state index is 0. The zero-order valence-corrected chi connectivity index (χ0v) is 11.3. The van der Waals surface area contributed by atoms with Gasteiger partial charge >= 0.3 is 58.1 Å². The standard InChI is InChI=1S/C4H9O3S.CF3.K/c1-2-3-4-7-8(5)6;2-1(3)4;/h2-4H2,1H3;;/q-1;;+1. The average molecular weight is 245 g/mol. The Balaban J connectivity index is -0.000000173. The monoisotopic (exact) mass is 245 g/mol. The van der Waals surface area contributed by atoms with Gasteiger partial charge in [0.15, 0.2) is 0 Å². The molecule has 0 N–H and O–H groups in total. The molecule has 0 aliphatic carbocycles. The van der Waals surface area contributed by atoms with E-state index in [4.69, 9.17) is 0 Å². The molecular weight excluding hydrogens is 236 g/mol. The molecule has 8 heteroatoms. The second-order valence-electron chi connectivity index (χ2n) is 1.59. The van der Waals surface area contributed by atoms with E-state index in [1.165, 1.54) is 0 Å². The van der Waals surface area contributed by atoms with E-state index in [-0.39, 0.29) is 51.4 Å². The molecular formula is C5H9F3KO3S. The molecule has 0 bridgehead atoms. The zero-order valence-electron chi connectivity index (χ0n) is 7.39. The van der Waals surface area contributed by atoms with Crippen molar-refractivity contribution in [3.63, 3.8) is 0 Å². The van der Waals surface area contributed by atoms with Crippen molar-refractivity contribution >= 4 is 11.0 Å². The van der Waals surface area contributed by atoms with Gasteiger partial charge in [0.25, 0.3) is 0 Å². The number of rotatable bonds is 4. The van der Waals surface area contributed by atoms with Crippen molar-refractivity contribution in [2.75, 3.05) is 6.61 Å². The van der Waals surface area contributed by atoms with E-state index in [0.29, 0.717) is 6.61 Å². The molecule has 0 aliphatic heterocycles. The van der Waals surface area contributed by atoms with E-state index in [1.807, 2.05) is 6.92 Å². The summed E-state index contributed by atoms with van der Waals surface area (Å²) >= 11 is 0. The van der Waals surface area contributed by atoms with Crippen LogP contribution in [0.3, 0.4) is 0 Å². The third-order valence-corrected chi connectivity index (χ3v) is 1.04. The van der Waals surface area contributed by atoms with Crippen LogP contribution in [0.1, 0.15) is 19.8 Å². The summed E-state index contributed by atoms with van der Waals surface area (Å²) in [6.45, 7) is -0.802. The van der Waals surface area contributed by atoms with Crippen molar-refractivity contribution in [1.82, 2.24) is 0 Å². The molecule has 13 heavy (non-hydrogen) atoms. The maximum atomic E-state index is 9.65. The number of hydrogen-bond donors (Lipinski definition) is 0. The number of hydrogen-bond acceptors (Lipinski definition) is 4. The van der Waals surface area contributed by atoms with Crippen molar-refractivity contribution in [3.8, 4) is 0 Å². The molecule has 0 aromatic heterocycles. The predicted octanol–water partition coefficient (Wildman–Crippen LogP) is -0.627. The van der Waals surface area contributed by atoms with Gasteiger partial charge in [0, 0.05) is 6.61 Å². The summed E-state index contributed by atoms with van der Waals surface area (Å²) in [7, 11) is -2.32. The number of halogens is 3. The van der Waals surface area contributed by atoms with E-state index in [1.54, 1.807) is 0 Å². The Morgan fingerprint density at radius 3 is 1.92 bits per heavy atom. The van der Waals surface area contributed by atoms with Crippen LogP contribution in [0.25, 0.3) is 0 Å². The molecule has 0 unspecified atom stereocenters. The molecule has 0 saturated carbocycles. The topological polar surface area (TPSA) is 43.4 Å². The number of unbranched alkanes of at least 4 members (excludes halogenated alkanes) is 1. The second kappa shape index (κ2) is 15.8. The molecule has 75 valence electrons. The van der Waals surface area contributed by atoms with Crippen LogP contribution in [0.5, 0.6) is 0 Å². The molecule has 0 aromatic carbocycles. The molecule has 0 heterocycles. The first-order chi connectivity index (χ1) is 5.50. The molecule has 1 radical (unpaired) electrons. The normalized spacial score (nSPS) is 9.08. The van der Waals surface area contributed by atoms with Gasteiger partial charge < -0.3 is 12.6 Å². The van der Waals surface area contributed by atoms with E-state index >= 15 is 0 Å². The van der Waals surface area contributed by atoms with Gasteiger partial charge in [-0.2, -0.15) is 13.2 Å². The summed E-state index contributed by atoms with van der Waals surface area (Å²) in [5, 5.41) is 0. The van der Waals surface area contributed by atoms with Crippen LogP contribution in [-0.4, -0.2) is 6.61 Å². The summed E-state index contributed by atoms with van der Waals surface area (Å²) in [6, 6.07) is 0. The van der Waals surface area contributed by atoms with Crippen LogP contribution in [0.2, 0.25) is 0 Å². The fourth-order valence-electron chi connectivity index (χ4n) is 0.271. The predicted molar refractivity (Wildman–Crippen MR) is 36.2 cm³/mol. The van der Waals surface area contributed by atoms with Gasteiger partial charge in [-0.25, -0.2) is 0 Å². The van der Waals surface area contributed by atoms with Gasteiger partial charge in [-0.1, -0.05) is 13.3 Å². The SMILES string of the molecule is CCCCO[S-](=O)=O.F[C](F)F.[K+]. The van der Waals surface area contributed by atoms with Gasteiger partial charge in [-0.3, -0.25) is 0 Å². The Hall–Kier alpha value is 1.34. The van der Waals surface area contributed by atoms with Crippen LogP contribution >= 0.6 is 0 Å². The fraction of sp³-hybridized carbons (Fsp3) is 0.800. The maximum absolute atomic E-state index is 9.65. The van der Waals surface area contributed by atoms with Crippen LogP contribution in [0.4, 0.5) is 13.2 Å². The summed E-state index contributed by atoms with van der Waals surface area (Å²) in [4.78, 5) is 0. The quantitative estimate of drug-likeness (QED) is 0.376. The van der Waals surface area contributed by atoms with Gasteiger partial charge in [0.1, 0.15) is 0 Å². The third kappa shape index (κ3) is 42.7. The van der Waals surface area contributed by atoms with Crippen LogP contribution in [0, 0.1) is 6.68 Å². The van der Waals surface area contributed by atoms with E-state index in [2.05, 4.69) is 4.18 Å². The van der Waals surface area contributed by atoms with Crippen LogP contribution in [0.15, 0.2) is 0 Å². The third-order valence-electron chi connectivity index (χ3n) is 0.677.